The van der Waals surface area contributed by atoms with Gasteiger partial charge in [-0.25, -0.2) is 13.4 Å². The highest BCUT2D eigenvalue weighted by molar-refractivity contribution is 7.91. The lowest BCUT2D eigenvalue weighted by molar-refractivity contribution is 0.474. The van der Waals surface area contributed by atoms with Crippen LogP contribution in [-0.2, 0) is 16.4 Å². The van der Waals surface area contributed by atoms with Crippen molar-refractivity contribution < 1.29 is 13.5 Å². The molecular weight excluding hydrogens is 300 g/mol. The summed E-state index contributed by atoms with van der Waals surface area (Å²) in [6, 6.07) is 15.0. The summed E-state index contributed by atoms with van der Waals surface area (Å²) in [7, 11) is -3.72. The lowest BCUT2D eigenvalue weighted by Crippen LogP contribution is -2.11. The first kappa shape index (κ1) is 14.3. The SMILES string of the molecule is O=S(=O)(c1ccc(O)cc1)c1nccn1Cc1ccccc1. The number of aromatic nitrogens is 2. The Hall–Kier alpha value is -2.60. The first-order valence-corrected chi connectivity index (χ1v) is 8.15. The highest BCUT2D eigenvalue weighted by atomic mass is 32.2. The van der Waals surface area contributed by atoms with Gasteiger partial charge in [0.15, 0.2) is 0 Å². The van der Waals surface area contributed by atoms with Crippen LogP contribution in [0.15, 0.2) is 77.0 Å². The largest absolute Gasteiger partial charge is 0.508 e. The average Bonchev–Trinajstić information content (AvgIpc) is 2.98. The van der Waals surface area contributed by atoms with Crippen molar-refractivity contribution in [2.75, 3.05) is 0 Å². The maximum Gasteiger partial charge on any atom is 0.240 e. The van der Waals surface area contributed by atoms with Crippen LogP contribution in [0.3, 0.4) is 0 Å². The number of hydrogen-bond acceptors (Lipinski definition) is 4. The van der Waals surface area contributed by atoms with Gasteiger partial charge in [-0.15, -0.1) is 0 Å². The second kappa shape index (κ2) is 5.65. The van der Waals surface area contributed by atoms with Crippen LogP contribution in [0.4, 0.5) is 0 Å². The van der Waals surface area contributed by atoms with Gasteiger partial charge in [-0.1, -0.05) is 30.3 Å². The van der Waals surface area contributed by atoms with E-state index in [1.165, 1.54) is 30.5 Å². The average molecular weight is 314 g/mol. The van der Waals surface area contributed by atoms with Gasteiger partial charge in [-0.2, -0.15) is 0 Å². The molecule has 112 valence electrons. The molecule has 0 radical (unpaired) electrons. The Bertz CT molecular complexity index is 869. The summed E-state index contributed by atoms with van der Waals surface area (Å²) in [5.41, 5.74) is 0.989. The Morgan fingerprint density at radius 3 is 2.36 bits per heavy atom. The van der Waals surface area contributed by atoms with Crippen molar-refractivity contribution in [2.45, 2.75) is 16.6 Å². The molecule has 1 aromatic heterocycles. The van der Waals surface area contributed by atoms with E-state index in [0.29, 0.717) is 6.54 Å². The molecule has 0 saturated heterocycles. The number of phenolic OH excluding ortho intramolecular Hbond substituents is 1. The number of hydrogen-bond donors (Lipinski definition) is 1. The number of rotatable bonds is 4. The van der Waals surface area contributed by atoms with Gasteiger partial charge in [0, 0.05) is 18.9 Å². The highest BCUT2D eigenvalue weighted by Gasteiger charge is 2.23. The fourth-order valence-electron chi connectivity index (χ4n) is 2.17. The number of aromatic hydroxyl groups is 1. The van der Waals surface area contributed by atoms with E-state index in [1.807, 2.05) is 30.3 Å². The number of sulfone groups is 1. The molecule has 0 aliphatic carbocycles. The summed E-state index contributed by atoms with van der Waals surface area (Å²) in [6.07, 6.45) is 3.11. The maximum atomic E-state index is 12.7. The number of imidazole rings is 1. The van der Waals surface area contributed by atoms with E-state index in [2.05, 4.69) is 4.98 Å². The number of benzene rings is 2. The van der Waals surface area contributed by atoms with Crippen molar-refractivity contribution in [2.24, 2.45) is 0 Å². The van der Waals surface area contributed by atoms with Crippen molar-refractivity contribution in [3.63, 3.8) is 0 Å². The summed E-state index contributed by atoms with van der Waals surface area (Å²) < 4.78 is 26.9. The molecule has 3 rings (SSSR count). The van der Waals surface area contributed by atoms with Crippen LogP contribution in [0.1, 0.15) is 5.56 Å². The van der Waals surface area contributed by atoms with Crippen molar-refractivity contribution in [1.29, 1.82) is 0 Å². The van der Waals surface area contributed by atoms with E-state index in [-0.39, 0.29) is 15.8 Å². The maximum absolute atomic E-state index is 12.7. The van der Waals surface area contributed by atoms with Gasteiger partial charge in [-0.05, 0) is 29.8 Å². The van der Waals surface area contributed by atoms with Crippen molar-refractivity contribution in [3.8, 4) is 5.75 Å². The second-order valence-electron chi connectivity index (χ2n) is 4.82. The molecule has 0 unspecified atom stereocenters. The molecule has 1 heterocycles. The smallest absolute Gasteiger partial charge is 0.240 e. The molecule has 0 saturated carbocycles. The lowest BCUT2D eigenvalue weighted by atomic mass is 10.2. The summed E-state index contributed by atoms with van der Waals surface area (Å²) in [6.45, 7) is 0.424. The van der Waals surface area contributed by atoms with E-state index >= 15 is 0 Å². The summed E-state index contributed by atoms with van der Waals surface area (Å²) in [5.74, 6) is 0.0200. The van der Waals surface area contributed by atoms with E-state index in [0.717, 1.165) is 5.56 Å². The second-order valence-corrected chi connectivity index (χ2v) is 6.66. The van der Waals surface area contributed by atoms with Crippen molar-refractivity contribution in [1.82, 2.24) is 9.55 Å². The summed E-state index contributed by atoms with van der Waals surface area (Å²) in [4.78, 5) is 4.10. The Balaban J connectivity index is 1.99. The van der Waals surface area contributed by atoms with Gasteiger partial charge in [0.05, 0.1) is 4.90 Å². The van der Waals surface area contributed by atoms with Gasteiger partial charge < -0.3 is 9.67 Å². The van der Waals surface area contributed by atoms with E-state index in [4.69, 9.17) is 0 Å². The molecule has 0 aliphatic heterocycles. The van der Waals surface area contributed by atoms with Gasteiger partial charge in [-0.3, -0.25) is 0 Å². The summed E-state index contributed by atoms with van der Waals surface area (Å²) in [5, 5.41) is 9.27. The third-order valence-electron chi connectivity index (χ3n) is 3.26. The lowest BCUT2D eigenvalue weighted by Gasteiger charge is -2.09. The first-order chi connectivity index (χ1) is 10.6. The fraction of sp³-hybridized carbons (Fsp3) is 0.0625. The van der Waals surface area contributed by atoms with Gasteiger partial charge in [0.2, 0.25) is 15.0 Å². The Morgan fingerprint density at radius 1 is 1.00 bits per heavy atom. The van der Waals surface area contributed by atoms with E-state index in [1.54, 1.807) is 10.8 Å². The molecular formula is C16H14N2O3S. The molecule has 22 heavy (non-hydrogen) atoms. The molecule has 3 aromatic rings. The number of phenols is 1. The van der Waals surface area contributed by atoms with Crippen LogP contribution in [0.25, 0.3) is 0 Å². The monoisotopic (exact) mass is 314 g/mol. The fourth-order valence-corrected chi connectivity index (χ4v) is 3.51. The molecule has 1 N–H and O–H groups in total. The van der Waals surface area contributed by atoms with Crippen LogP contribution in [0, 0.1) is 0 Å². The predicted octanol–water partition coefficient (Wildman–Crippen LogP) is 2.47. The quantitative estimate of drug-likeness (QED) is 0.803. The zero-order chi connectivity index (χ0) is 15.6. The number of nitrogens with zero attached hydrogens (tertiary/aromatic N) is 2. The zero-order valence-electron chi connectivity index (χ0n) is 11.6. The minimum atomic E-state index is -3.72. The van der Waals surface area contributed by atoms with E-state index in [9.17, 15) is 13.5 Å². The van der Waals surface area contributed by atoms with E-state index < -0.39 is 9.84 Å². The highest BCUT2D eigenvalue weighted by Crippen LogP contribution is 2.22. The minimum Gasteiger partial charge on any atom is -0.508 e. The zero-order valence-corrected chi connectivity index (χ0v) is 12.4. The molecule has 0 atom stereocenters. The van der Waals surface area contributed by atoms with Gasteiger partial charge in [0.25, 0.3) is 0 Å². The molecule has 0 bridgehead atoms. The first-order valence-electron chi connectivity index (χ1n) is 6.66. The minimum absolute atomic E-state index is 0.0120. The Morgan fingerprint density at radius 2 is 1.68 bits per heavy atom. The van der Waals surface area contributed by atoms with Crippen LogP contribution in [0.2, 0.25) is 0 Å². The third kappa shape index (κ3) is 2.73. The molecule has 5 nitrogen and oxygen atoms in total. The van der Waals surface area contributed by atoms with Crippen LogP contribution in [0.5, 0.6) is 5.75 Å². The molecule has 0 aliphatic rings. The predicted molar refractivity (Wildman–Crippen MR) is 81.3 cm³/mol. The van der Waals surface area contributed by atoms with Crippen molar-refractivity contribution >= 4 is 9.84 Å². The summed E-state index contributed by atoms with van der Waals surface area (Å²) >= 11 is 0. The van der Waals surface area contributed by atoms with Gasteiger partial charge >= 0.3 is 0 Å². The molecule has 2 aromatic carbocycles. The molecule has 0 amide bonds. The molecule has 0 fully saturated rings. The Kier molecular flexibility index (Phi) is 3.68. The standard InChI is InChI=1S/C16H14N2O3S/c19-14-6-8-15(9-7-14)22(20,21)16-17-10-11-18(16)12-13-4-2-1-3-5-13/h1-11,19H,12H2. The topological polar surface area (TPSA) is 72.2 Å². The molecule has 0 spiro atoms. The Labute approximate surface area is 128 Å². The van der Waals surface area contributed by atoms with Crippen LogP contribution in [-0.4, -0.2) is 23.1 Å². The normalized spacial score (nSPS) is 11.5. The third-order valence-corrected chi connectivity index (χ3v) is 4.97. The van der Waals surface area contributed by atoms with Gasteiger partial charge in [0.1, 0.15) is 5.75 Å². The van der Waals surface area contributed by atoms with Crippen LogP contribution >= 0.6 is 0 Å². The van der Waals surface area contributed by atoms with Crippen molar-refractivity contribution in [3.05, 3.63) is 72.6 Å². The van der Waals surface area contributed by atoms with Crippen LogP contribution < -0.4 is 0 Å². The molecule has 6 heteroatoms.